The van der Waals surface area contributed by atoms with Crippen LogP contribution in [0.3, 0.4) is 0 Å². The zero-order valence-corrected chi connectivity index (χ0v) is 12.2. The molecular weight excluding hydrogens is 264 g/mol. The molecule has 0 aliphatic carbocycles. The molecule has 0 bridgehead atoms. The summed E-state index contributed by atoms with van der Waals surface area (Å²) < 4.78 is 0. The van der Waals surface area contributed by atoms with Crippen LogP contribution in [0.4, 0.5) is 5.69 Å². The van der Waals surface area contributed by atoms with Crippen LogP contribution >= 0.6 is 0 Å². The summed E-state index contributed by atoms with van der Waals surface area (Å²) in [5, 5.41) is 13.1. The summed E-state index contributed by atoms with van der Waals surface area (Å²) in [5.41, 5.74) is 8.41. The second kappa shape index (κ2) is 6.41. The first kappa shape index (κ1) is 15.1. The minimum atomic E-state index is -0.753. The third-order valence-electron chi connectivity index (χ3n) is 3.48. The number of rotatable bonds is 4. The van der Waals surface area contributed by atoms with E-state index in [-0.39, 0.29) is 5.91 Å². The fraction of sp³-hybridized carbons (Fsp3) is 0.235. The van der Waals surface area contributed by atoms with E-state index in [1.54, 1.807) is 19.1 Å². The highest BCUT2D eigenvalue weighted by molar-refractivity contribution is 5.96. The van der Waals surface area contributed by atoms with Gasteiger partial charge in [0.1, 0.15) is 0 Å². The van der Waals surface area contributed by atoms with Gasteiger partial charge in [0, 0.05) is 11.3 Å². The summed E-state index contributed by atoms with van der Waals surface area (Å²) in [6.07, 6.45) is -0.753. The van der Waals surface area contributed by atoms with Crippen molar-refractivity contribution >= 4 is 11.6 Å². The Labute approximate surface area is 124 Å². The highest BCUT2D eigenvalue weighted by Gasteiger charge is 2.19. The van der Waals surface area contributed by atoms with Crippen LogP contribution in [-0.2, 0) is 0 Å². The molecule has 0 heterocycles. The van der Waals surface area contributed by atoms with Gasteiger partial charge in [0.2, 0.25) is 0 Å². The summed E-state index contributed by atoms with van der Waals surface area (Å²) in [5.74, 6) is -0.234. The fourth-order valence-electron chi connectivity index (χ4n) is 2.19. The van der Waals surface area contributed by atoms with Gasteiger partial charge in [-0.15, -0.1) is 0 Å². The number of carbonyl (C=O) groups is 1. The van der Waals surface area contributed by atoms with Crippen molar-refractivity contribution in [1.29, 1.82) is 0 Å². The fourth-order valence-corrected chi connectivity index (χ4v) is 2.19. The predicted molar refractivity (Wildman–Crippen MR) is 83.9 cm³/mol. The van der Waals surface area contributed by atoms with Crippen molar-refractivity contribution in [2.24, 2.45) is 0 Å². The molecule has 21 heavy (non-hydrogen) atoms. The Balaban J connectivity index is 2.10. The zero-order chi connectivity index (χ0) is 15.4. The first-order valence-corrected chi connectivity index (χ1v) is 6.89. The molecule has 1 amide bonds. The molecule has 0 aromatic heterocycles. The summed E-state index contributed by atoms with van der Waals surface area (Å²) >= 11 is 0. The van der Waals surface area contributed by atoms with E-state index < -0.39 is 12.1 Å². The first-order valence-electron chi connectivity index (χ1n) is 6.89. The molecule has 2 atom stereocenters. The molecule has 110 valence electrons. The number of hydrogen-bond acceptors (Lipinski definition) is 3. The van der Waals surface area contributed by atoms with Gasteiger partial charge in [-0.05, 0) is 37.1 Å². The van der Waals surface area contributed by atoms with Gasteiger partial charge in [0.25, 0.3) is 5.91 Å². The van der Waals surface area contributed by atoms with Gasteiger partial charge in [-0.3, -0.25) is 4.79 Å². The van der Waals surface area contributed by atoms with E-state index in [0.29, 0.717) is 11.3 Å². The molecule has 0 fully saturated rings. The van der Waals surface area contributed by atoms with Crippen LogP contribution in [0, 0.1) is 6.92 Å². The van der Waals surface area contributed by atoms with Crippen LogP contribution in [0.1, 0.15) is 34.5 Å². The van der Waals surface area contributed by atoms with Crippen molar-refractivity contribution in [3.8, 4) is 0 Å². The van der Waals surface area contributed by atoms with E-state index in [1.807, 2.05) is 43.3 Å². The first-order chi connectivity index (χ1) is 9.99. The van der Waals surface area contributed by atoms with E-state index in [2.05, 4.69) is 5.32 Å². The molecule has 2 aromatic carbocycles. The van der Waals surface area contributed by atoms with E-state index in [4.69, 9.17) is 5.73 Å². The second-order valence-corrected chi connectivity index (χ2v) is 5.19. The molecule has 4 N–H and O–H groups in total. The van der Waals surface area contributed by atoms with E-state index in [1.165, 1.54) is 0 Å². The molecule has 0 saturated carbocycles. The Hall–Kier alpha value is -2.33. The molecular formula is C17H20N2O2. The van der Waals surface area contributed by atoms with Crippen LogP contribution < -0.4 is 11.1 Å². The average Bonchev–Trinajstić information content (AvgIpc) is 2.49. The van der Waals surface area contributed by atoms with E-state index in [0.717, 1.165) is 11.1 Å². The number of aliphatic hydroxyl groups excluding tert-OH is 1. The number of aryl methyl sites for hydroxylation is 1. The number of nitrogen functional groups attached to an aromatic ring is 1. The summed E-state index contributed by atoms with van der Waals surface area (Å²) in [6, 6.07) is 14.1. The van der Waals surface area contributed by atoms with E-state index >= 15 is 0 Å². The SMILES string of the molecule is Cc1ccc(N)cc1C(=O)N[C@@H](C)[C@@H](O)c1ccccc1. The lowest BCUT2D eigenvalue weighted by molar-refractivity contribution is 0.0851. The number of nitrogens with one attached hydrogen (secondary N) is 1. The standard InChI is InChI=1S/C17H20N2O2/c1-11-8-9-14(18)10-15(11)17(21)19-12(2)16(20)13-6-4-3-5-7-13/h3-10,12,16,20H,18H2,1-2H3,(H,19,21)/t12-,16+/m0/s1. The number of amides is 1. The topological polar surface area (TPSA) is 75.4 Å². The summed E-state index contributed by atoms with van der Waals surface area (Å²) in [7, 11) is 0. The Morgan fingerprint density at radius 2 is 1.86 bits per heavy atom. The highest BCUT2D eigenvalue weighted by Crippen LogP contribution is 2.18. The maximum absolute atomic E-state index is 12.3. The Morgan fingerprint density at radius 3 is 2.52 bits per heavy atom. The maximum Gasteiger partial charge on any atom is 0.251 e. The van der Waals surface area contributed by atoms with Crippen LogP contribution in [-0.4, -0.2) is 17.1 Å². The smallest absolute Gasteiger partial charge is 0.251 e. The van der Waals surface area contributed by atoms with Gasteiger partial charge < -0.3 is 16.2 Å². The largest absolute Gasteiger partial charge is 0.399 e. The maximum atomic E-state index is 12.3. The molecule has 2 aromatic rings. The van der Waals surface area contributed by atoms with Gasteiger partial charge >= 0.3 is 0 Å². The number of nitrogens with two attached hydrogens (primary N) is 1. The monoisotopic (exact) mass is 284 g/mol. The Kier molecular flexibility index (Phi) is 4.60. The van der Waals surface area contributed by atoms with Gasteiger partial charge in [0.05, 0.1) is 12.1 Å². The minimum absolute atomic E-state index is 0.234. The van der Waals surface area contributed by atoms with Crippen LogP contribution in [0.25, 0.3) is 0 Å². The molecule has 0 unspecified atom stereocenters. The normalized spacial score (nSPS) is 13.5. The zero-order valence-electron chi connectivity index (χ0n) is 12.2. The lowest BCUT2D eigenvalue weighted by atomic mass is 10.0. The van der Waals surface area contributed by atoms with Crippen LogP contribution in [0.15, 0.2) is 48.5 Å². The number of carbonyl (C=O) groups excluding carboxylic acids is 1. The minimum Gasteiger partial charge on any atom is -0.399 e. The van der Waals surface area contributed by atoms with Crippen molar-refractivity contribution in [2.75, 3.05) is 5.73 Å². The van der Waals surface area contributed by atoms with Gasteiger partial charge in [-0.2, -0.15) is 0 Å². The average molecular weight is 284 g/mol. The molecule has 4 heteroatoms. The van der Waals surface area contributed by atoms with Crippen molar-refractivity contribution in [3.05, 3.63) is 65.2 Å². The Morgan fingerprint density at radius 1 is 1.19 bits per heavy atom. The second-order valence-electron chi connectivity index (χ2n) is 5.19. The van der Waals surface area contributed by atoms with Gasteiger partial charge in [0.15, 0.2) is 0 Å². The molecule has 0 radical (unpaired) electrons. The predicted octanol–water partition coefficient (Wildman–Crippen LogP) is 2.43. The lowest BCUT2D eigenvalue weighted by Gasteiger charge is -2.21. The molecule has 0 spiro atoms. The van der Waals surface area contributed by atoms with Crippen molar-refractivity contribution in [1.82, 2.24) is 5.32 Å². The van der Waals surface area contributed by atoms with Crippen molar-refractivity contribution in [3.63, 3.8) is 0 Å². The van der Waals surface area contributed by atoms with Crippen molar-refractivity contribution < 1.29 is 9.90 Å². The van der Waals surface area contributed by atoms with Gasteiger partial charge in [-0.1, -0.05) is 36.4 Å². The third-order valence-corrected chi connectivity index (χ3v) is 3.48. The number of anilines is 1. The van der Waals surface area contributed by atoms with Crippen LogP contribution in [0.5, 0.6) is 0 Å². The summed E-state index contributed by atoms with van der Waals surface area (Å²) in [4.78, 5) is 12.3. The summed E-state index contributed by atoms with van der Waals surface area (Å²) in [6.45, 7) is 3.63. The molecule has 4 nitrogen and oxygen atoms in total. The number of aliphatic hydroxyl groups is 1. The quantitative estimate of drug-likeness (QED) is 0.755. The van der Waals surface area contributed by atoms with Gasteiger partial charge in [-0.25, -0.2) is 0 Å². The molecule has 0 aliphatic heterocycles. The number of hydrogen-bond donors (Lipinski definition) is 3. The molecule has 2 rings (SSSR count). The molecule has 0 aliphatic rings. The van der Waals surface area contributed by atoms with E-state index in [9.17, 15) is 9.90 Å². The van der Waals surface area contributed by atoms with Crippen molar-refractivity contribution in [2.45, 2.75) is 26.0 Å². The third kappa shape index (κ3) is 3.61. The number of benzene rings is 2. The lowest BCUT2D eigenvalue weighted by Crippen LogP contribution is -2.37. The molecule has 0 saturated heterocycles. The highest BCUT2D eigenvalue weighted by atomic mass is 16.3. The van der Waals surface area contributed by atoms with Crippen LogP contribution in [0.2, 0.25) is 0 Å². The Bertz CT molecular complexity index is 626.